The molecule has 2 aromatic rings. The zero-order valence-electron chi connectivity index (χ0n) is 10.2. The third-order valence-electron chi connectivity index (χ3n) is 2.66. The van der Waals surface area contributed by atoms with Gasteiger partial charge in [-0.2, -0.15) is 0 Å². The molecule has 4 nitrogen and oxygen atoms in total. The maximum Gasteiger partial charge on any atom is 0.420 e. The van der Waals surface area contributed by atoms with Crippen LogP contribution in [0, 0.1) is 0 Å². The maximum atomic E-state index is 12.0. The highest BCUT2D eigenvalue weighted by molar-refractivity contribution is 6.17. The van der Waals surface area contributed by atoms with Crippen molar-refractivity contribution in [3.8, 4) is 0 Å². The number of fused-ring (bicyclic) bond motifs is 1. The lowest BCUT2D eigenvalue weighted by molar-refractivity contribution is 0.146. The number of imidazole rings is 1. The van der Waals surface area contributed by atoms with Crippen LogP contribution in [0.3, 0.4) is 0 Å². The lowest BCUT2D eigenvalue weighted by Gasteiger charge is -2.07. The summed E-state index contributed by atoms with van der Waals surface area (Å²) >= 11 is 5.82. The number of carbonyl (C=O) groups is 1. The first-order valence-corrected chi connectivity index (χ1v) is 6.50. The Hall–Kier alpha value is -1.55. The van der Waals surface area contributed by atoms with E-state index in [9.17, 15) is 4.79 Å². The van der Waals surface area contributed by atoms with Crippen LogP contribution in [0.2, 0.25) is 0 Å². The van der Waals surface area contributed by atoms with Crippen LogP contribution < -0.4 is 0 Å². The summed E-state index contributed by atoms with van der Waals surface area (Å²) in [7, 11) is 0. The molecular formula is C13H15ClN2O2. The molecule has 0 unspecified atom stereocenters. The number of hydrogen-bond acceptors (Lipinski definition) is 3. The Balaban J connectivity index is 2.32. The largest absolute Gasteiger partial charge is 0.449 e. The van der Waals surface area contributed by atoms with Gasteiger partial charge in [0.2, 0.25) is 0 Å². The van der Waals surface area contributed by atoms with Crippen molar-refractivity contribution >= 4 is 28.7 Å². The molecule has 0 atom stereocenters. The second-order valence-electron chi connectivity index (χ2n) is 3.95. The van der Waals surface area contributed by atoms with Crippen molar-refractivity contribution in [3.63, 3.8) is 0 Å². The number of halogens is 1. The molecule has 0 aliphatic heterocycles. The van der Waals surface area contributed by atoms with Gasteiger partial charge in [-0.1, -0.05) is 25.5 Å². The number of unbranched alkanes of at least 4 members (excludes halogenated alkanes) is 1. The quantitative estimate of drug-likeness (QED) is 0.628. The fourth-order valence-electron chi connectivity index (χ4n) is 1.74. The molecule has 0 saturated carbocycles. The van der Waals surface area contributed by atoms with Gasteiger partial charge in [-0.15, -0.1) is 11.6 Å². The zero-order valence-corrected chi connectivity index (χ0v) is 11.0. The number of nitrogens with zero attached hydrogens (tertiary/aromatic N) is 2. The average Bonchev–Trinajstić information content (AvgIpc) is 2.77. The molecule has 1 aromatic heterocycles. The minimum absolute atomic E-state index is 0.178. The minimum atomic E-state index is -0.409. The highest BCUT2D eigenvalue weighted by atomic mass is 35.5. The summed E-state index contributed by atoms with van der Waals surface area (Å²) in [5.74, 6) is 0.691. The second-order valence-corrected chi connectivity index (χ2v) is 4.22. The molecule has 18 heavy (non-hydrogen) atoms. The molecule has 0 radical (unpaired) electrons. The van der Waals surface area contributed by atoms with Gasteiger partial charge in [0, 0.05) is 0 Å². The van der Waals surface area contributed by atoms with Crippen molar-refractivity contribution in [2.45, 2.75) is 25.6 Å². The van der Waals surface area contributed by atoms with Crippen molar-refractivity contribution < 1.29 is 9.53 Å². The van der Waals surface area contributed by atoms with Crippen LogP contribution in [0.15, 0.2) is 24.3 Å². The molecule has 1 heterocycles. The van der Waals surface area contributed by atoms with Gasteiger partial charge in [0.15, 0.2) is 0 Å². The van der Waals surface area contributed by atoms with Gasteiger partial charge in [-0.25, -0.2) is 14.3 Å². The van der Waals surface area contributed by atoms with Crippen LogP contribution in [0.5, 0.6) is 0 Å². The van der Waals surface area contributed by atoms with E-state index in [1.165, 1.54) is 4.57 Å². The van der Waals surface area contributed by atoms with Gasteiger partial charge < -0.3 is 4.74 Å². The van der Waals surface area contributed by atoms with Crippen LogP contribution in [-0.4, -0.2) is 22.3 Å². The molecule has 0 aliphatic rings. The van der Waals surface area contributed by atoms with E-state index in [1.54, 1.807) is 0 Å². The van der Waals surface area contributed by atoms with E-state index < -0.39 is 6.09 Å². The Morgan fingerprint density at radius 3 is 2.94 bits per heavy atom. The number of benzene rings is 1. The Morgan fingerprint density at radius 1 is 1.44 bits per heavy atom. The highest BCUT2D eigenvalue weighted by Gasteiger charge is 2.16. The fourth-order valence-corrected chi connectivity index (χ4v) is 1.92. The van der Waals surface area contributed by atoms with E-state index in [0.29, 0.717) is 12.4 Å². The van der Waals surface area contributed by atoms with Gasteiger partial charge in [-0.3, -0.25) is 0 Å². The van der Waals surface area contributed by atoms with Crippen LogP contribution in [0.25, 0.3) is 11.0 Å². The Labute approximate surface area is 111 Å². The van der Waals surface area contributed by atoms with Gasteiger partial charge in [0.05, 0.1) is 23.5 Å². The number of aromatic nitrogens is 2. The van der Waals surface area contributed by atoms with E-state index >= 15 is 0 Å². The van der Waals surface area contributed by atoms with Crippen LogP contribution in [0.4, 0.5) is 4.79 Å². The predicted octanol–water partition coefficient (Wildman–Crippen LogP) is 3.56. The first kappa shape index (κ1) is 12.9. The molecule has 96 valence electrons. The lowest BCUT2D eigenvalue weighted by Crippen LogP contribution is -2.16. The van der Waals surface area contributed by atoms with Crippen LogP contribution in [-0.2, 0) is 10.6 Å². The molecule has 0 fully saturated rings. The zero-order chi connectivity index (χ0) is 13.0. The smallest absolute Gasteiger partial charge is 0.420 e. The van der Waals surface area contributed by atoms with Gasteiger partial charge in [0.1, 0.15) is 5.82 Å². The van der Waals surface area contributed by atoms with Crippen molar-refractivity contribution in [2.24, 2.45) is 0 Å². The maximum absolute atomic E-state index is 12.0. The van der Waals surface area contributed by atoms with Crippen LogP contribution in [0.1, 0.15) is 25.6 Å². The summed E-state index contributed by atoms with van der Waals surface area (Å²) in [6.45, 7) is 2.47. The molecule has 0 bridgehead atoms. The molecule has 1 aromatic carbocycles. The number of rotatable bonds is 4. The van der Waals surface area contributed by atoms with E-state index in [4.69, 9.17) is 16.3 Å². The molecule has 5 heteroatoms. The first-order valence-electron chi connectivity index (χ1n) is 5.97. The third-order valence-corrected chi connectivity index (χ3v) is 2.89. The third kappa shape index (κ3) is 2.48. The monoisotopic (exact) mass is 266 g/mol. The molecule has 0 spiro atoms. The summed E-state index contributed by atoms with van der Waals surface area (Å²) in [6, 6.07) is 7.42. The Bertz CT molecular complexity index is 551. The molecular weight excluding hydrogens is 252 g/mol. The fraction of sp³-hybridized carbons (Fsp3) is 0.385. The number of hydrogen-bond donors (Lipinski definition) is 0. The van der Waals surface area contributed by atoms with E-state index in [0.717, 1.165) is 23.9 Å². The van der Waals surface area contributed by atoms with Crippen LogP contribution >= 0.6 is 11.6 Å². The minimum Gasteiger partial charge on any atom is -0.449 e. The summed E-state index contributed by atoms with van der Waals surface area (Å²) < 4.78 is 6.65. The lowest BCUT2D eigenvalue weighted by atomic mass is 10.3. The number of para-hydroxylation sites is 2. The molecule has 0 amide bonds. The highest BCUT2D eigenvalue weighted by Crippen LogP contribution is 2.17. The summed E-state index contributed by atoms with van der Waals surface area (Å²) in [5, 5.41) is 0. The van der Waals surface area contributed by atoms with Crippen molar-refractivity contribution in [1.82, 2.24) is 9.55 Å². The Morgan fingerprint density at radius 2 is 2.22 bits per heavy atom. The summed E-state index contributed by atoms with van der Waals surface area (Å²) in [4.78, 5) is 16.3. The second kappa shape index (κ2) is 5.87. The molecule has 0 N–H and O–H groups in total. The normalized spacial score (nSPS) is 10.8. The SMILES string of the molecule is CCCCOC(=O)n1c(CCl)nc2ccccc21. The van der Waals surface area contributed by atoms with E-state index in [1.807, 2.05) is 31.2 Å². The molecule has 2 rings (SSSR count). The molecule has 0 saturated heterocycles. The topological polar surface area (TPSA) is 44.1 Å². The standard InChI is InChI=1S/C13H15ClN2O2/c1-2-3-8-18-13(17)16-11-7-5-4-6-10(11)15-12(16)9-14/h4-7H,2-3,8-9H2,1H3. The summed E-state index contributed by atoms with van der Waals surface area (Å²) in [5.41, 5.74) is 1.48. The van der Waals surface area contributed by atoms with Crippen molar-refractivity contribution in [2.75, 3.05) is 6.61 Å². The molecule has 0 aliphatic carbocycles. The van der Waals surface area contributed by atoms with Gasteiger partial charge in [-0.05, 0) is 18.6 Å². The van der Waals surface area contributed by atoms with E-state index in [-0.39, 0.29) is 5.88 Å². The van der Waals surface area contributed by atoms with E-state index in [2.05, 4.69) is 4.98 Å². The Kier molecular flexibility index (Phi) is 4.20. The predicted molar refractivity (Wildman–Crippen MR) is 70.9 cm³/mol. The summed E-state index contributed by atoms with van der Waals surface area (Å²) in [6.07, 6.45) is 1.43. The van der Waals surface area contributed by atoms with Crippen molar-refractivity contribution in [3.05, 3.63) is 30.1 Å². The van der Waals surface area contributed by atoms with Gasteiger partial charge >= 0.3 is 6.09 Å². The number of ether oxygens (including phenoxy) is 1. The van der Waals surface area contributed by atoms with Gasteiger partial charge in [0.25, 0.3) is 0 Å². The first-order chi connectivity index (χ1) is 8.77. The number of alkyl halides is 1. The van der Waals surface area contributed by atoms with Crippen molar-refractivity contribution in [1.29, 1.82) is 0 Å². The number of carbonyl (C=O) groups excluding carboxylic acids is 1. The average molecular weight is 267 g/mol.